The van der Waals surface area contributed by atoms with Gasteiger partial charge >= 0.3 is 10.2 Å². The van der Waals surface area contributed by atoms with E-state index in [2.05, 4.69) is 5.32 Å². The highest BCUT2D eigenvalue weighted by molar-refractivity contribution is 7.90. The summed E-state index contributed by atoms with van der Waals surface area (Å²) < 4.78 is 45.7. The quantitative estimate of drug-likeness (QED) is 0.745. The van der Waals surface area contributed by atoms with Gasteiger partial charge in [-0.05, 0) is 43.3 Å². The van der Waals surface area contributed by atoms with E-state index in [0.717, 1.165) is 20.7 Å². The van der Waals surface area contributed by atoms with E-state index in [9.17, 15) is 17.6 Å². The Morgan fingerprint density at radius 3 is 2.41 bits per heavy atom. The fourth-order valence-corrected chi connectivity index (χ4v) is 3.33. The topological polar surface area (TPSA) is 79.0 Å². The van der Waals surface area contributed by atoms with Crippen molar-refractivity contribution in [3.8, 4) is 5.75 Å². The molecule has 146 valence electrons. The Bertz CT molecular complexity index is 886. The van der Waals surface area contributed by atoms with Crippen LogP contribution in [0.25, 0.3) is 0 Å². The van der Waals surface area contributed by atoms with E-state index in [1.54, 1.807) is 24.3 Å². The molecule has 0 heterocycles. The summed E-state index contributed by atoms with van der Waals surface area (Å²) in [5.41, 5.74) is 0.663. The SMILES string of the molecule is CCOc1cccc(NC(=O)CN(c2ccc(F)cc2)S(=O)(=O)N(C)C)c1. The van der Waals surface area contributed by atoms with Gasteiger partial charge in [-0.1, -0.05) is 6.07 Å². The fourth-order valence-electron chi connectivity index (χ4n) is 2.27. The lowest BCUT2D eigenvalue weighted by molar-refractivity contribution is -0.114. The average Bonchev–Trinajstić information content (AvgIpc) is 2.61. The van der Waals surface area contributed by atoms with E-state index >= 15 is 0 Å². The lowest BCUT2D eigenvalue weighted by Crippen LogP contribution is -2.44. The van der Waals surface area contributed by atoms with E-state index in [4.69, 9.17) is 4.74 Å². The van der Waals surface area contributed by atoms with Gasteiger partial charge in [-0.15, -0.1) is 0 Å². The van der Waals surface area contributed by atoms with Gasteiger partial charge in [0.05, 0.1) is 12.3 Å². The summed E-state index contributed by atoms with van der Waals surface area (Å²) in [5.74, 6) is -0.455. The molecule has 0 spiro atoms. The first-order valence-corrected chi connectivity index (χ1v) is 9.62. The molecule has 0 bridgehead atoms. The van der Waals surface area contributed by atoms with Crippen molar-refractivity contribution in [1.82, 2.24) is 4.31 Å². The predicted octanol–water partition coefficient (Wildman–Crippen LogP) is 2.48. The summed E-state index contributed by atoms with van der Waals surface area (Å²) in [5, 5.41) is 2.65. The van der Waals surface area contributed by atoms with Crippen molar-refractivity contribution in [2.24, 2.45) is 0 Å². The molecule has 0 aliphatic heterocycles. The smallest absolute Gasteiger partial charge is 0.304 e. The molecule has 1 N–H and O–H groups in total. The standard InChI is InChI=1S/C18H22FN3O4S/c1-4-26-17-7-5-6-15(12-17)20-18(23)13-22(27(24,25)21(2)3)16-10-8-14(19)9-11-16/h5-12H,4,13H2,1-3H3,(H,20,23). The molecule has 1 amide bonds. The molecule has 0 unspecified atom stereocenters. The highest BCUT2D eigenvalue weighted by Crippen LogP contribution is 2.21. The van der Waals surface area contributed by atoms with Gasteiger partial charge in [0.25, 0.3) is 0 Å². The van der Waals surface area contributed by atoms with Crippen molar-refractivity contribution in [2.45, 2.75) is 6.92 Å². The van der Waals surface area contributed by atoms with Gasteiger partial charge in [0.2, 0.25) is 5.91 Å². The third-order valence-electron chi connectivity index (χ3n) is 3.57. The highest BCUT2D eigenvalue weighted by Gasteiger charge is 2.27. The number of hydrogen-bond acceptors (Lipinski definition) is 4. The van der Waals surface area contributed by atoms with E-state index in [1.165, 1.54) is 26.2 Å². The van der Waals surface area contributed by atoms with Crippen molar-refractivity contribution in [3.63, 3.8) is 0 Å². The highest BCUT2D eigenvalue weighted by atomic mass is 32.2. The summed E-state index contributed by atoms with van der Waals surface area (Å²) in [6.07, 6.45) is 0. The zero-order valence-electron chi connectivity index (χ0n) is 15.3. The molecule has 9 heteroatoms. The molecule has 0 aromatic heterocycles. The largest absolute Gasteiger partial charge is 0.494 e. The number of halogens is 1. The van der Waals surface area contributed by atoms with Gasteiger partial charge in [-0.3, -0.25) is 4.79 Å². The summed E-state index contributed by atoms with van der Waals surface area (Å²) in [4.78, 5) is 12.5. The molecule has 0 fully saturated rings. The Kier molecular flexibility index (Phi) is 6.75. The molecule has 7 nitrogen and oxygen atoms in total. The zero-order valence-corrected chi connectivity index (χ0v) is 16.2. The van der Waals surface area contributed by atoms with E-state index < -0.39 is 28.5 Å². The van der Waals surface area contributed by atoms with Crippen molar-refractivity contribution in [3.05, 3.63) is 54.3 Å². The van der Waals surface area contributed by atoms with Crippen molar-refractivity contribution < 1.29 is 22.3 Å². The third kappa shape index (κ3) is 5.41. The maximum atomic E-state index is 13.2. The van der Waals surface area contributed by atoms with Gasteiger partial charge in [-0.25, -0.2) is 8.70 Å². The van der Waals surface area contributed by atoms with Gasteiger partial charge < -0.3 is 10.1 Å². The predicted molar refractivity (Wildman–Crippen MR) is 103 cm³/mol. The van der Waals surface area contributed by atoms with Crippen LogP contribution in [0.15, 0.2) is 48.5 Å². The minimum absolute atomic E-state index is 0.184. The Labute approximate surface area is 158 Å². The molecular formula is C18H22FN3O4S. The molecule has 0 saturated heterocycles. The molecule has 0 aliphatic rings. The molecule has 0 saturated carbocycles. The molecule has 27 heavy (non-hydrogen) atoms. The number of rotatable bonds is 8. The summed E-state index contributed by atoms with van der Waals surface area (Å²) in [6.45, 7) is 1.86. The summed E-state index contributed by atoms with van der Waals surface area (Å²) >= 11 is 0. The first-order valence-electron chi connectivity index (χ1n) is 8.22. The van der Waals surface area contributed by atoms with Crippen LogP contribution in [0.4, 0.5) is 15.8 Å². The second-order valence-electron chi connectivity index (χ2n) is 5.78. The van der Waals surface area contributed by atoms with Crippen LogP contribution in [-0.2, 0) is 15.0 Å². The number of hydrogen-bond donors (Lipinski definition) is 1. The number of benzene rings is 2. The number of ether oxygens (including phenoxy) is 1. The second-order valence-corrected chi connectivity index (χ2v) is 7.85. The molecule has 2 rings (SSSR count). The lowest BCUT2D eigenvalue weighted by Gasteiger charge is -2.26. The van der Waals surface area contributed by atoms with Crippen LogP contribution in [0, 0.1) is 5.82 Å². The molecule has 2 aromatic rings. The molecule has 0 atom stereocenters. The van der Waals surface area contributed by atoms with E-state index in [-0.39, 0.29) is 5.69 Å². The van der Waals surface area contributed by atoms with Crippen LogP contribution in [0.3, 0.4) is 0 Å². The van der Waals surface area contributed by atoms with Crippen LogP contribution in [0.2, 0.25) is 0 Å². The normalized spacial score (nSPS) is 11.3. The first kappa shape index (κ1) is 20.7. The van der Waals surface area contributed by atoms with Gasteiger partial charge in [-0.2, -0.15) is 12.7 Å². The summed E-state index contributed by atoms with van der Waals surface area (Å²) in [7, 11) is -1.24. The Morgan fingerprint density at radius 1 is 1.15 bits per heavy atom. The lowest BCUT2D eigenvalue weighted by atomic mass is 10.3. The number of anilines is 2. The van der Waals surface area contributed by atoms with Crippen LogP contribution in [0.5, 0.6) is 5.75 Å². The molecule has 2 aromatic carbocycles. The maximum absolute atomic E-state index is 13.2. The third-order valence-corrected chi connectivity index (χ3v) is 5.39. The summed E-state index contributed by atoms with van der Waals surface area (Å²) in [6, 6.07) is 11.7. The molecule has 0 aliphatic carbocycles. The number of nitrogens with one attached hydrogen (secondary N) is 1. The number of amides is 1. The van der Waals surface area contributed by atoms with Gasteiger partial charge in [0.15, 0.2) is 0 Å². The first-order chi connectivity index (χ1) is 12.7. The van der Waals surface area contributed by atoms with Crippen molar-refractivity contribution >= 4 is 27.5 Å². The fraction of sp³-hybridized carbons (Fsp3) is 0.278. The average molecular weight is 395 g/mol. The zero-order chi connectivity index (χ0) is 20.0. The number of carbonyl (C=O) groups is 1. The van der Waals surface area contributed by atoms with E-state index in [0.29, 0.717) is 18.0 Å². The minimum Gasteiger partial charge on any atom is -0.494 e. The van der Waals surface area contributed by atoms with E-state index in [1.807, 2.05) is 6.92 Å². The Morgan fingerprint density at radius 2 is 1.81 bits per heavy atom. The van der Waals surface area contributed by atoms with Gasteiger partial charge in [0, 0.05) is 25.8 Å². The number of nitrogens with zero attached hydrogens (tertiary/aromatic N) is 2. The van der Waals surface area contributed by atoms with Crippen molar-refractivity contribution in [1.29, 1.82) is 0 Å². The number of carbonyl (C=O) groups excluding carboxylic acids is 1. The monoisotopic (exact) mass is 395 g/mol. The molecule has 0 radical (unpaired) electrons. The molecular weight excluding hydrogens is 373 g/mol. The Hall–Kier alpha value is -2.65. The van der Waals surface area contributed by atoms with Crippen LogP contribution in [-0.4, -0.2) is 45.9 Å². The second kappa shape index (κ2) is 8.83. The maximum Gasteiger partial charge on any atom is 0.304 e. The van der Waals surface area contributed by atoms with Crippen LogP contribution < -0.4 is 14.4 Å². The van der Waals surface area contributed by atoms with Crippen LogP contribution in [0.1, 0.15) is 6.92 Å². The van der Waals surface area contributed by atoms with Gasteiger partial charge in [0.1, 0.15) is 18.1 Å². The Balaban J connectivity index is 2.23. The van der Waals surface area contributed by atoms with Crippen molar-refractivity contribution in [2.75, 3.05) is 36.9 Å². The minimum atomic E-state index is -3.95. The van der Waals surface area contributed by atoms with Crippen LogP contribution >= 0.6 is 0 Å².